The van der Waals surface area contributed by atoms with Gasteiger partial charge in [0.15, 0.2) is 0 Å². The van der Waals surface area contributed by atoms with Gasteiger partial charge in [0.05, 0.1) is 0 Å². The molecule has 7 heteroatoms. The molecule has 0 radical (unpaired) electrons. The van der Waals surface area contributed by atoms with Crippen molar-refractivity contribution in [2.75, 3.05) is 13.6 Å². The highest BCUT2D eigenvalue weighted by Crippen LogP contribution is 2.29. The molecule has 1 aromatic heterocycles. The molecule has 0 bridgehead atoms. The second-order valence-corrected chi connectivity index (χ2v) is 5.55. The number of rotatable bonds is 4. The van der Waals surface area contributed by atoms with Gasteiger partial charge in [-0.25, -0.2) is 0 Å². The fraction of sp³-hybridized carbons (Fsp3) is 0.643. The Hall–Kier alpha value is -1.50. The predicted molar refractivity (Wildman–Crippen MR) is 72.8 cm³/mol. The first kappa shape index (κ1) is 15.9. The van der Waals surface area contributed by atoms with Crippen molar-refractivity contribution in [2.45, 2.75) is 38.0 Å². The lowest BCUT2D eigenvalue weighted by molar-refractivity contribution is -0.140. The van der Waals surface area contributed by atoms with E-state index in [-0.39, 0.29) is 23.6 Å². The Morgan fingerprint density at radius 1 is 1.48 bits per heavy atom. The van der Waals surface area contributed by atoms with Gasteiger partial charge in [0.25, 0.3) is 5.91 Å². The van der Waals surface area contributed by atoms with Gasteiger partial charge in [0.2, 0.25) is 0 Å². The smallest absolute Gasteiger partial charge is 0.337 e. The van der Waals surface area contributed by atoms with Crippen LogP contribution < -0.4 is 5.73 Å². The van der Waals surface area contributed by atoms with Crippen LogP contribution in [0.1, 0.15) is 29.8 Å². The molecule has 0 aliphatic heterocycles. The van der Waals surface area contributed by atoms with Gasteiger partial charge in [-0.1, -0.05) is 6.42 Å². The topological polar surface area (TPSA) is 51.3 Å². The van der Waals surface area contributed by atoms with Crippen molar-refractivity contribution in [1.82, 2.24) is 9.47 Å². The van der Waals surface area contributed by atoms with Crippen LogP contribution in [0.15, 0.2) is 18.3 Å². The lowest BCUT2D eigenvalue weighted by Crippen LogP contribution is -2.42. The molecule has 1 aromatic rings. The summed E-state index contributed by atoms with van der Waals surface area (Å²) in [6.07, 6.45) is -0.260. The van der Waals surface area contributed by atoms with E-state index in [1.54, 1.807) is 11.9 Å². The maximum Gasteiger partial charge on any atom is 0.406 e. The molecular weight excluding hydrogens is 283 g/mol. The average Bonchev–Trinajstić information content (AvgIpc) is 3.03. The van der Waals surface area contributed by atoms with Crippen LogP contribution in [0.4, 0.5) is 13.2 Å². The number of halogens is 3. The minimum atomic E-state index is -4.35. The summed E-state index contributed by atoms with van der Waals surface area (Å²) >= 11 is 0. The molecule has 2 atom stereocenters. The van der Waals surface area contributed by atoms with Crippen LogP contribution in [-0.2, 0) is 6.54 Å². The van der Waals surface area contributed by atoms with E-state index in [4.69, 9.17) is 5.73 Å². The predicted octanol–water partition coefficient (Wildman–Crippen LogP) is 2.25. The van der Waals surface area contributed by atoms with E-state index in [0.717, 1.165) is 23.8 Å². The van der Waals surface area contributed by atoms with Crippen LogP contribution in [0, 0.1) is 5.92 Å². The van der Waals surface area contributed by atoms with E-state index in [0.29, 0.717) is 6.54 Å². The van der Waals surface area contributed by atoms with Crippen LogP contribution in [0.25, 0.3) is 0 Å². The van der Waals surface area contributed by atoms with Gasteiger partial charge < -0.3 is 15.2 Å². The number of carbonyl (C=O) groups is 1. The van der Waals surface area contributed by atoms with Crippen molar-refractivity contribution < 1.29 is 18.0 Å². The lowest BCUT2D eigenvalue weighted by atomic mass is 10.0. The molecule has 0 saturated heterocycles. The second kappa shape index (κ2) is 6.09. The van der Waals surface area contributed by atoms with Gasteiger partial charge in [0.1, 0.15) is 12.2 Å². The first-order valence-corrected chi connectivity index (χ1v) is 7.02. The number of nitrogens with zero attached hydrogens (tertiary/aromatic N) is 2. The first-order valence-electron chi connectivity index (χ1n) is 7.02. The van der Waals surface area contributed by atoms with Crippen molar-refractivity contribution in [3.05, 3.63) is 24.0 Å². The molecule has 1 amide bonds. The maximum absolute atomic E-state index is 12.5. The van der Waals surface area contributed by atoms with Crippen molar-refractivity contribution >= 4 is 5.91 Å². The highest BCUT2D eigenvalue weighted by atomic mass is 19.4. The molecule has 1 aliphatic carbocycles. The zero-order valence-electron chi connectivity index (χ0n) is 11.9. The Morgan fingerprint density at radius 2 is 2.19 bits per heavy atom. The molecule has 2 rings (SSSR count). The summed E-state index contributed by atoms with van der Waals surface area (Å²) in [6.45, 7) is -0.661. The molecule has 2 unspecified atom stereocenters. The molecule has 4 nitrogen and oxygen atoms in total. The van der Waals surface area contributed by atoms with Gasteiger partial charge in [-0.05, 0) is 37.4 Å². The van der Waals surface area contributed by atoms with Crippen molar-refractivity contribution in [3.63, 3.8) is 0 Å². The zero-order valence-corrected chi connectivity index (χ0v) is 11.9. The van der Waals surface area contributed by atoms with E-state index in [1.165, 1.54) is 18.3 Å². The normalized spacial score (nSPS) is 22.5. The molecule has 1 saturated carbocycles. The molecule has 0 aromatic carbocycles. The van der Waals surface area contributed by atoms with Gasteiger partial charge in [0, 0.05) is 19.3 Å². The Labute approximate surface area is 121 Å². The summed E-state index contributed by atoms with van der Waals surface area (Å²) < 4.78 is 38.5. The molecule has 118 valence electrons. The fourth-order valence-corrected chi connectivity index (χ4v) is 3.07. The number of nitrogens with two attached hydrogens (primary N) is 1. The number of carbonyl (C=O) groups excluding carboxylic acids is 1. The summed E-state index contributed by atoms with van der Waals surface area (Å²) in [5, 5.41) is 0. The number of alkyl halides is 3. The standard InChI is InChI=1S/C14H20F3N3O/c1-19(11-5-2-4-10(11)8-18)13(21)12-6-3-7-20(12)9-14(15,16)17/h3,6-7,10-11H,2,4-5,8-9,18H2,1H3. The summed E-state index contributed by atoms with van der Waals surface area (Å²) in [7, 11) is 1.64. The number of hydrogen-bond donors (Lipinski definition) is 1. The molecule has 2 N–H and O–H groups in total. The largest absolute Gasteiger partial charge is 0.406 e. The van der Waals surface area contributed by atoms with Crippen LogP contribution in [0.5, 0.6) is 0 Å². The van der Waals surface area contributed by atoms with Crippen molar-refractivity contribution in [2.24, 2.45) is 11.7 Å². The Bertz CT molecular complexity index is 498. The third kappa shape index (κ3) is 3.58. The maximum atomic E-state index is 12.5. The number of hydrogen-bond acceptors (Lipinski definition) is 2. The Kier molecular flexibility index (Phi) is 4.61. The van der Waals surface area contributed by atoms with E-state index >= 15 is 0 Å². The minimum Gasteiger partial charge on any atom is -0.337 e. The van der Waals surface area contributed by atoms with Crippen LogP contribution in [-0.4, -0.2) is 41.2 Å². The highest BCUT2D eigenvalue weighted by molar-refractivity contribution is 5.92. The first-order chi connectivity index (χ1) is 9.83. The average molecular weight is 303 g/mol. The zero-order chi connectivity index (χ0) is 15.6. The summed E-state index contributed by atoms with van der Waals surface area (Å²) in [5.41, 5.74) is 5.77. The van der Waals surface area contributed by atoms with Gasteiger partial charge in [-0.15, -0.1) is 0 Å². The second-order valence-electron chi connectivity index (χ2n) is 5.55. The van der Waals surface area contributed by atoms with Crippen molar-refractivity contribution in [1.29, 1.82) is 0 Å². The summed E-state index contributed by atoms with van der Waals surface area (Å²) in [5.74, 6) is -0.153. The minimum absolute atomic E-state index is 0.0109. The molecule has 21 heavy (non-hydrogen) atoms. The monoisotopic (exact) mass is 303 g/mol. The molecule has 1 aliphatic rings. The van der Waals surface area contributed by atoms with E-state index in [2.05, 4.69) is 0 Å². The number of aromatic nitrogens is 1. The third-order valence-corrected chi connectivity index (χ3v) is 4.14. The highest BCUT2D eigenvalue weighted by Gasteiger charge is 2.34. The molecular formula is C14H20F3N3O. The van der Waals surface area contributed by atoms with Crippen LogP contribution >= 0.6 is 0 Å². The van der Waals surface area contributed by atoms with Gasteiger partial charge in [-0.3, -0.25) is 4.79 Å². The van der Waals surface area contributed by atoms with Crippen LogP contribution in [0.2, 0.25) is 0 Å². The van der Waals surface area contributed by atoms with Gasteiger partial charge >= 0.3 is 6.18 Å². The Balaban J connectivity index is 2.15. The quantitative estimate of drug-likeness (QED) is 0.927. The number of amides is 1. The van der Waals surface area contributed by atoms with Gasteiger partial charge in [-0.2, -0.15) is 13.2 Å². The SMILES string of the molecule is CN(C(=O)c1cccn1CC(F)(F)F)C1CCCC1CN. The lowest BCUT2D eigenvalue weighted by Gasteiger charge is -2.29. The summed E-state index contributed by atoms with van der Waals surface area (Å²) in [6, 6.07) is 2.90. The molecule has 1 heterocycles. The molecule has 1 fully saturated rings. The molecule has 0 spiro atoms. The van der Waals surface area contributed by atoms with Crippen LogP contribution in [0.3, 0.4) is 0 Å². The Morgan fingerprint density at radius 3 is 2.81 bits per heavy atom. The summed E-state index contributed by atoms with van der Waals surface area (Å²) in [4.78, 5) is 14.0. The van der Waals surface area contributed by atoms with Crippen molar-refractivity contribution in [3.8, 4) is 0 Å². The van der Waals surface area contributed by atoms with E-state index < -0.39 is 12.7 Å². The van der Waals surface area contributed by atoms with E-state index in [1.807, 2.05) is 0 Å². The fourth-order valence-electron chi connectivity index (χ4n) is 3.07. The third-order valence-electron chi connectivity index (χ3n) is 4.14. The van der Waals surface area contributed by atoms with E-state index in [9.17, 15) is 18.0 Å².